The lowest BCUT2D eigenvalue weighted by Crippen LogP contribution is -2.50. The van der Waals surface area contributed by atoms with Crippen LogP contribution in [0, 0.1) is 11.7 Å². The lowest BCUT2D eigenvalue weighted by Gasteiger charge is -2.38. The SMILES string of the molecule is CCOC(=O)CCN1CCN(C/C=C2/CN(C(C(=O)C3CC3)c3ccccc3F)CCC2S)C(=O)C1.Cl.Cl. The normalized spacial score (nSPS) is 22.4. The van der Waals surface area contributed by atoms with Gasteiger partial charge in [0, 0.05) is 56.0 Å². The number of hydrogen-bond acceptors (Lipinski definition) is 7. The number of esters is 1. The number of amides is 1. The van der Waals surface area contributed by atoms with Crippen molar-refractivity contribution in [3.05, 3.63) is 47.3 Å². The van der Waals surface area contributed by atoms with Gasteiger partial charge in [-0.25, -0.2) is 4.39 Å². The van der Waals surface area contributed by atoms with Crippen molar-refractivity contribution < 1.29 is 23.5 Å². The molecule has 7 nitrogen and oxygen atoms in total. The Morgan fingerprint density at radius 1 is 1.13 bits per heavy atom. The van der Waals surface area contributed by atoms with Crippen LogP contribution in [-0.4, -0.2) is 90.0 Å². The first kappa shape index (κ1) is 32.6. The van der Waals surface area contributed by atoms with E-state index in [1.165, 1.54) is 6.07 Å². The van der Waals surface area contributed by atoms with Gasteiger partial charge in [0.2, 0.25) is 5.91 Å². The molecule has 2 unspecified atom stereocenters. The fourth-order valence-electron chi connectivity index (χ4n) is 4.98. The molecule has 0 N–H and O–H groups in total. The first-order valence-corrected chi connectivity index (χ1v) is 13.4. The number of carbonyl (C=O) groups excluding carboxylic acids is 3. The maximum atomic E-state index is 14.7. The van der Waals surface area contributed by atoms with E-state index in [9.17, 15) is 18.8 Å². The molecule has 2 saturated heterocycles. The number of likely N-dealkylation sites (tertiary alicyclic amines) is 1. The minimum atomic E-state index is -0.590. The Hall–Kier alpha value is -1.65. The molecule has 11 heteroatoms. The third-order valence-electron chi connectivity index (χ3n) is 7.23. The maximum Gasteiger partial charge on any atom is 0.307 e. The van der Waals surface area contributed by atoms with Crippen molar-refractivity contribution in [1.82, 2.24) is 14.7 Å². The zero-order valence-electron chi connectivity index (χ0n) is 21.7. The van der Waals surface area contributed by atoms with Crippen molar-refractivity contribution in [3.63, 3.8) is 0 Å². The Balaban J connectivity index is 0.00000253. The summed E-state index contributed by atoms with van der Waals surface area (Å²) >= 11 is 4.77. The summed E-state index contributed by atoms with van der Waals surface area (Å²) in [5.74, 6) is -0.438. The Kier molecular flexibility index (Phi) is 13.0. The topological polar surface area (TPSA) is 70.2 Å². The van der Waals surface area contributed by atoms with E-state index in [1.54, 1.807) is 25.1 Å². The molecule has 2 heterocycles. The van der Waals surface area contributed by atoms with E-state index >= 15 is 0 Å². The number of carbonyl (C=O) groups is 3. The van der Waals surface area contributed by atoms with Gasteiger partial charge in [0.05, 0.1) is 25.6 Å². The van der Waals surface area contributed by atoms with Gasteiger partial charge >= 0.3 is 5.97 Å². The molecule has 2 aliphatic heterocycles. The van der Waals surface area contributed by atoms with Gasteiger partial charge in [0.15, 0.2) is 5.78 Å². The number of halogens is 3. The van der Waals surface area contributed by atoms with Crippen LogP contribution in [0.2, 0.25) is 0 Å². The van der Waals surface area contributed by atoms with E-state index in [1.807, 2.05) is 9.80 Å². The second kappa shape index (κ2) is 15.2. The van der Waals surface area contributed by atoms with Gasteiger partial charge in [-0.2, -0.15) is 12.6 Å². The van der Waals surface area contributed by atoms with Crippen LogP contribution < -0.4 is 0 Å². The fraction of sp³-hybridized carbons (Fsp3) is 0.593. The zero-order chi connectivity index (χ0) is 25.7. The average Bonchev–Trinajstić information content (AvgIpc) is 3.71. The van der Waals surface area contributed by atoms with Crippen LogP contribution in [0.4, 0.5) is 4.39 Å². The molecular weight excluding hydrogens is 552 g/mol. The Morgan fingerprint density at radius 2 is 1.87 bits per heavy atom. The summed E-state index contributed by atoms with van der Waals surface area (Å²) < 4.78 is 19.7. The van der Waals surface area contributed by atoms with E-state index in [-0.39, 0.29) is 72.4 Å². The predicted molar refractivity (Wildman–Crippen MR) is 153 cm³/mol. The Bertz CT molecular complexity index is 1010. The zero-order valence-corrected chi connectivity index (χ0v) is 24.2. The minimum Gasteiger partial charge on any atom is -0.466 e. The summed E-state index contributed by atoms with van der Waals surface area (Å²) in [4.78, 5) is 43.4. The minimum absolute atomic E-state index is 0. The number of benzene rings is 1. The van der Waals surface area contributed by atoms with Gasteiger partial charge in [0.1, 0.15) is 5.82 Å². The number of ether oxygens (including phenoxy) is 1. The lowest BCUT2D eigenvalue weighted by atomic mass is 9.93. The summed E-state index contributed by atoms with van der Waals surface area (Å²) in [7, 11) is 0. The smallest absolute Gasteiger partial charge is 0.307 e. The van der Waals surface area contributed by atoms with Gasteiger partial charge in [-0.3, -0.25) is 24.2 Å². The molecule has 0 bridgehead atoms. The highest BCUT2D eigenvalue weighted by molar-refractivity contribution is 7.81. The number of rotatable bonds is 10. The molecular formula is C27H38Cl2FN3O4S. The molecule has 1 amide bonds. The maximum absolute atomic E-state index is 14.7. The van der Waals surface area contributed by atoms with E-state index in [2.05, 4.69) is 11.0 Å². The largest absolute Gasteiger partial charge is 0.466 e. The molecule has 1 saturated carbocycles. The third kappa shape index (κ3) is 8.42. The molecule has 0 radical (unpaired) electrons. The standard InChI is InChI=1S/C27H36FN3O4S.2ClH/c1-2-35-25(33)11-12-29-15-16-30(24(32)18-29)13-9-20-17-31(14-10-23(20)36)26(27(34)19-7-8-19)21-5-3-4-6-22(21)28;;/h3-6,9,19,23,26,36H,2,7-8,10-18H2,1H3;2*1H/b20-9-;;. The van der Waals surface area contributed by atoms with E-state index in [0.717, 1.165) is 24.8 Å². The number of Topliss-reactive ketones (excluding diaryl/α,β-unsaturated/α-hetero) is 1. The quantitative estimate of drug-likeness (QED) is 0.255. The molecule has 1 aromatic rings. The highest BCUT2D eigenvalue weighted by atomic mass is 35.5. The molecule has 1 aliphatic carbocycles. The second-order valence-electron chi connectivity index (χ2n) is 9.83. The average molecular weight is 591 g/mol. The molecule has 1 aromatic carbocycles. The van der Waals surface area contributed by atoms with Crippen LogP contribution in [-0.2, 0) is 19.1 Å². The second-order valence-corrected chi connectivity index (χ2v) is 10.4. The predicted octanol–water partition coefficient (Wildman–Crippen LogP) is 3.72. The van der Waals surface area contributed by atoms with Crippen LogP contribution in [0.5, 0.6) is 0 Å². The van der Waals surface area contributed by atoms with Crippen molar-refractivity contribution >= 4 is 55.1 Å². The number of hydrogen-bond donors (Lipinski definition) is 1. The highest BCUT2D eigenvalue weighted by Gasteiger charge is 2.41. The summed E-state index contributed by atoms with van der Waals surface area (Å²) in [6.45, 7) is 5.90. The molecule has 4 rings (SSSR count). The van der Waals surface area contributed by atoms with Gasteiger partial charge in [-0.15, -0.1) is 24.8 Å². The molecule has 212 valence electrons. The van der Waals surface area contributed by atoms with Crippen molar-refractivity contribution in [2.75, 3.05) is 52.4 Å². The number of ketones is 1. The number of piperidine rings is 1. The molecule has 0 aromatic heterocycles. The van der Waals surface area contributed by atoms with Gasteiger partial charge in [0.25, 0.3) is 0 Å². The molecule has 38 heavy (non-hydrogen) atoms. The first-order chi connectivity index (χ1) is 17.4. The van der Waals surface area contributed by atoms with Crippen LogP contribution in [0.25, 0.3) is 0 Å². The van der Waals surface area contributed by atoms with Crippen LogP contribution in [0.3, 0.4) is 0 Å². The van der Waals surface area contributed by atoms with Gasteiger partial charge in [-0.1, -0.05) is 24.3 Å². The molecule has 2 atom stereocenters. The Labute approximate surface area is 242 Å². The van der Waals surface area contributed by atoms with E-state index < -0.39 is 6.04 Å². The number of thiol groups is 1. The van der Waals surface area contributed by atoms with Crippen molar-refractivity contribution in [3.8, 4) is 0 Å². The van der Waals surface area contributed by atoms with Crippen molar-refractivity contribution in [2.45, 2.75) is 43.9 Å². The summed E-state index contributed by atoms with van der Waals surface area (Å²) in [5, 5.41) is 0.0412. The summed E-state index contributed by atoms with van der Waals surface area (Å²) in [6, 6.07) is 5.98. The van der Waals surface area contributed by atoms with E-state index in [4.69, 9.17) is 17.4 Å². The third-order valence-corrected chi connectivity index (χ3v) is 7.82. The summed E-state index contributed by atoms with van der Waals surface area (Å²) in [6.07, 6.45) is 4.85. The molecule has 3 aliphatic rings. The van der Waals surface area contributed by atoms with Crippen LogP contribution >= 0.6 is 37.4 Å². The van der Waals surface area contributed by atoms with Gasteiger partial charge < -0.3 is 9.64 Å². The van der Waals surface area contributed by atoms with Crippen molar-refractivity contribution in [1.29, 1.82) is 0 Å². The van der Waals surface area contributed by atoms with Gasteiger partial charge in [-0.05, 0) is 37.8 Å². The van der Waals surface area contributed by atoms with Crippen molar-refractivity contribution in [2.24, 2.45) is 5.92 Å². The fourth-order valence-corrected chi connectivity index (χ4v) is 5.28. The number of nitrogens with zero attached hydrogens (tertiary/aromatic N) is 3. The first-order valence-electron chi connectivity index (χ1n) is 12.9. The van der Waals surface area contributed by atoms with Crippen LogP contribution in [0.1, 0.15) is 44.2 Å². The molecule has 0 spiro atoms. The van der Waals surface area contributed by atoms with Crippen LogP contribution in [0.15, 0.2) is 35.9 Å². The summed E-state index contributed by atoms with van der Waals surface area (Å²) in [5.41, 5.74) is 1.51. The Morgan fingerprint density at radius 3 is 2.53 bits per heavy atom. The number of piperazine rings is 1. The molecule has 3 fully saturated rings. The monoisotopic (exact) mass is 589 g/mol. The lowest BCUT2D eigenvalue weighted by molar-refractivity contribution is -0.144. The van der Waals surface area contributed by atoms with E-state index in [0.29, 0.717) is 51.4 Å². The highest BCUT2D eigenvalue weighted by Crippen LogP contribution is 2.39.